The maximum atomic E-state index is 12.7. The van der Waals surface area contributed by atoms with Gasteiger partial charge in [0.25, 0.3) is 0 Å². The maximum absolute atomic E-state index is 12.7. The predicted octanol–water partition coefficient (Wildman–Crippen LogP) is 3.93. The van der Waals surface area contributed by atoms with E-state index < -0.39 is 12.6 Å². The van der Waals surface area contributed by atoms with Crippen LogP contribution in [-0.4, -0.2) is 28.7 Å². The molecule has 2 aromatic carbocycles. The van der Waals surface area contributed by atoms with Gasteiger partial charge in [0.05, 0.1) is 18.5 Å². The Labute approximate surface area is 154 Å². The maximum Gasteiger partial charge on any atom is 0.393 e. The van der Waals surface area contributed by atoms with Crippen molar-refractivity contribution in [2.75, 3.05) is 7.05 Å². The van der Waals surface area contributed by atoms with E-state index in [1.165, 1.54) is 12.1 Å². The van der Waals surface area contributed by atoms with Gasteiger partial charge in [0.1, 0.15) is 5.82 Å². The van der Waals surface area contributed by atoms with Crippen LogP contribution in [0.4, 0.5) is 13.2 Å². The fourth-order valence-electron chi connectivity index (χ4n) is 2.92. The molecule has 0 aliphatic carbocycles. The van der Waals surface area contributed by atoms with E-state index >= 15 is 0 Å². The summed E-state index contributed by atoms with van der Waals surface area (Å²) in [6.07, 6.45) is -1.75. The molecule has 140 valence electrons. The lowest BCUT2D eigenvalue weighted by atomic mass is 10.1. The summed E-state index contributed by atoms with van der Waals surface area (Å²) >= 11 is 0. The number of halogens is 3. The number of carbonyl (C=O) groups is 1. The molecule has 0 fully saturated rings. The van der Waals surface area contributed by atoms with E-state index in [1.807, 2.05) is 24.3 Å². The summed E-state index contributed by atoms with van der Waals surface area (Å²) < 4.78 is 39.9. The van der Waals surface area contributed by atoms with Crippen LogP contribution in [0.5, 0.6) is 0 Å². The highest BCUT2D eigenvalue weighted by Crippen LogP contribution is 2.27. The summed E-state index contributed by atoms with van der Waals surface area (Å²) in [5.41, 5.74) is 2.31. The van der Waals surface area contributed by atoms with Crippen molar-refractivity contribution in [3.8, 4) is 17.1 Å². The van der Waals surface area contributed by atoms with Crippen LogP contribution in [0, 0.1) is 0 Å². The van der Waals surface area contributed by atoms with Crippen LogP contribution in [0.25, 0.3) is 17.1 Å². The van der Waals surface area contributed by atoms with Crippen LogP contribution >= 0.6 is 0 Å². The third kappa shape index (κ3) is 4.55. The zero-order chi connectivity index (χ0) is 19.4. The van der Waals surface area contributed by atoms with E-state index in [0.717, 1.165) is 11.3 Å². The molecule has 0 spiro atoms. The topological polar surface area (TPSA) is 46.9 Å². The van der Waals surface area contributed by atoms with Crippen LogP contribution in [0.3, 0.4) is 0 Å². The third-order valence-corrected chi connectivity index (χ3v) is 4.11. The van der Waals surface area contributed by atoms with Gasteiger partial charge in [-0.2, -0.15) is 13.2 Å². The molecule has 0 saturated carbocycles. The SMILES string of the molecule is CNC(=O)Cc1ccccc1-n1ccnc1-c1cccc(CC(F)(F)F)c1. The van der Waals surface area contributed by atoms with Gasteiger partial charge in [-0.15, -0.1) is 0 Å². The first-order valence-corrected chi connectivity index (χ1v) is 8.35. The second-order valence-corrected chi connectivity index (χ2v) is 6.09. The first-order chi connectivity index (χ1) is 12.9. The van der Waals surface area contributed by atoms with E-state index in [0.29, 0.717) is 11.4 Å². The summed E-state index contributed by atoms with van der Waals surface area (Å²) in [4.78, 5) is 16.1. The molecule has 1 aromatic heterocycles. The van der Waals surface area contributed by atoms with Crippen molar-refractivity contribution >= 4 is 5.91 Å². The predicted molar refractivity (Wildman–Crippen MR) is 96.5 cm³/mol. The summed E-state index contributed by atoms with van der Waals surface area (Å²) in [6.45, 7) is 0. The number of benzene rings is 2. The van der Waals surface area contributed by atoms with Crippen LogP contribution in [-0.2, 0) is 17.6 Å². The van der Waals surface area contributed by atoms with Crippen molar-refractivity contribution in [1.82, 2.24) is 14.9 Å². The second-order valence-electron chi connectivity index (χ2n) is 6.09. The van der Waals surface area contributed by atoms with Crippen LogP contribution < -0.4 is 5.32 Å². The van der Waals surface area contributed by atoms with Crippen molar-refractivity contribution in [3.05, 3.63) is 72.1 Å². The first-order valence-electron chi connectivity index (χ1n) is 8.35. The number of hydrogen-bond donors (Lipinski definition) is 1. The lowest BCUT2D eigenvalue weighted by molar-refractivity contribution is -0.127. The molecule has 0 saturated heterocycles. The molecule has 4 nitrogen and oxygen atoms in total. The van der Waals surface area contributed by atoms with Crippen molar-refractivity contribution in [3.63, 3.8) is 0 Å². The van der Waals surface area contributed by atoms with Gasteiger partial charge in [0.2, 0.25) is 5.91 Å². The minimum absolute atomic E-state index is 0.128. The average molecular weight is 373 g/mol. The van der Waals surface area contributed by atoms with Gasteiger partial charge in [-0.1, -0.05) is 36.4 Å². The normalized spacial score (nSPS) is 11.4. The zero-order valence-electron chi connectivity index (χ0n) is 14.6. The summed E-state index contributed by atoms with van der Waals surface area (Å²) in [5, 5.41) is 2.59. The minimum atomic E-state index is -4.27. The van der Waals surface area contributed by atoms with E-state index in [4.69, 9.17) is 0 Å². The lowest BCUT2D eigenvalue weighted by Crippen LogP contribution is -2.20. The van der Waals surface area contributed by atoms with Gasteiger partial charge in [-0.3, -0.25) is 9.36 Å². The van der Waals surface area contributed by atoms with Crippen LogP contribution in [0.1, 0.15) is 11.1 Å². The number of nitrogens with zero attached hydrogens (tertiary/aromatic N) is 2. The third-order valence-electron chi connectivity index (χ3n) is 4.11. The molecular formula is C20H18F3N3O. The highest BCUT2D eigenvalue weighted by molar-refractivity contribution is 5.79. The highest BCUT2D eigenvalue weighted by atomic mass is 19.4. The molecular weight excluding hydrogens is 355 g/mol. The molecule has 1 amide bonds. The Morgan fingerprint density at radius 3 is 2.67 bits per heavy atom. The summed E-state index contributed by atoms with van der Waals surface area (Å²) in [5.74, 6) is 0.389. The van der Waals surface area contributed by atoms with Gasteiger partial charge in [-0.25, -0.2) is 4.98 Å². The van der Waals surface area contributed by atoms with Gasteiger partial charge in [0, 0.05) is 25.0 Å². The largest absolute Gasteiger partial charge is 0.393 e. The number of aromatic nitrogens is 2. The fourth-order valence-corrected chi connectivity index (χ4v) is 2.92. The Morgan fingerprint density at radius 1 is 1.15 bits per heavy atom. The molecule has 3 aromatic rings. The van der Waals surface area contributed by atoms with Crippen molar-refractivity contribution in [2.24, 2.45) is 0 Å². The average Bonchev–Trinajstić information content (AvgIpc) is 3.10. The quantitative estimate of drug-likeness (QED) is 0.737. The number of alkyl halides is 3. The monoisotopic (exact) mass is 373 g/mol. The first kappa shape index (κ1) is 18.7. The van der Waals surface area contributed by atoms with Crippen LogP contribution in [0.2, 0.25) is 0 Å². The Balaban J connectivity index is 2.01. The van der Waals surface area contributed by atoms with Gasteiger partial charge in [-0.05, 0) is 23.3 Å². The van der Waals surface area contributed by atoms with E-state index in [-0.39, 0.29) is 17.9 Å². The molecule has 0 aliphatic heterocycles. The molecule has 1 N–H and O–H groups in total. The Kier molecular flexibility index (Phi) is 5.30. The van der Waals surface area contributed by atoms with Crippen LogP contribution in [0.15, 0.2) is 60.9 Å². The smallest absolute Gasteiger partial charge is 0.359 e. The van der Waals surface area contributed by atoms with Crippen molar-refractivity contribution < 1.29 is 18.0 Å². The highest BCUT2D eigenvalue weighted by Gasteiger charge is 2.27. The number of amides is 1. The van der Waals surface area contributed by atoms with Crippen molar-refractivity contribution in [2.45, 2.75) is 19.0 Å². The van der Waals surface area contributed by atoms with Crippen molar-refractivity contribution in [1.29, 1.82) is 0 Å². The lowest BCUT2D eigenvalue weighted by Gasteiger charge is -2.14. The number of carbonyl (C=O) groups excluding carboxylic acids is 1. The van der Waals surface area contributed by atoms with E-state index in [2.05, 4.69) is 10.3 Å². The molecule has 0 bridgehead atoms. The number of imidazole rings is 1. The number of para-hydroxylation sites is 1. The zero-order valence-corrected chi connectivity index (χ0v) is 14.6. The summed E-state index contributed by atoms with van der Waals surface area (Å²) in [6, 6.07) is 13.6. The molecule has 27 heavy (non-hydrogen) atoms. The molecule has 0 aliphatic rings. The van der Waals surface area contributed by atoms with E-state index in [9.17, 15) is 18.0 Å². The fraction of sp³-hybridized carbons (Fsp3) is 0.200. The van der Waals surface area contributed by atoms with Gasteiger partial charge >= 0.3 is 6.18 Å². The van der Waals surface area contributed by atoms with E-state index in [1.54, 1.807) is 36.1 Å². The number of nitrogens with one attached hydrogen (secondary N) is 1. The Hall–Kier alpha value is -3.09. The standard InChI is InChI=1S/C20H18F3N3O/c1-24-18(27)12-15-6-2-3-8-17(15)26-10-9-25-19(26)16-7-4-5-14(11-16)13-20(21,22)23/h2-11H,12-13H2,1H3,(H,24,27). The number of hydrogen-bond acceptors (Lipinski definition) is 2. The molecule has 0 radical (unpaired) electrons. The second kappa shape index (κ2) is 7.65. The summed E-state index contributed by atoms with van der Waals surface area (Å²) in [7, 11) is 1.57. The molecule has 7 heteroatoms. The molecule has 3 rings (SSSR count). The Bertz CT molecular complexity index is 947. The molecule has 0 unspecified atom stereocenters. The molecule has 0 atom stereocenters. The molecule has 1 heterocycles. The van der Waals surface area contributed by atoms with Gasteiger partial charge in [0.15, 0.2) is 0 Å². The Morgan fingerprint density at radius 2 is 1.93 bits per heavy atom. The number of likely N-dealkylation sites (N-methyl/N-ethyl adjacent to an activating group) is 1. The minimum Gasteiger partial charge on any atom is -0.359 e. The number of rotatable bonds is 5. The van der Waals surface area contributed by atoms with Gasteiger partial charge < -0.3 is 5.32 Å².